The zero-order chi connectivity index (χ0) is 14.0. The Morgan fingerprint density at radius 1 is 1.21 bits per heavy atom. The zero-order valence-electron chi connectivity index (χ0n) is 10.9. The highest BCUT2D eigenvalue weighted by molar-refractivity contribution is 6.31. The van der Waals surface area contributed by atoms with Gasteiger partial charge in [-0.25, -0.2) is 0 Å². The van der Waals surface area contributed by atoms with E-state index in [0.717, 1.165) is 11.3 Å². The monoisotopic (exact) mass is 274 g/mol. The predicted molar refractivity (Wildman–Crippen MR) is 79.8 cm³/mol. The molecule has 0 saturated carbocycles. The summed E-state index contributed by atoms with van der Waals surface area (Å²) >= 11 is 5.92. The maximum atomic E-state index is 12.4. The topological polar surface area (TPSA) is 46.3 Å². The SMILES string of the molecule is Cc1cccc(N(C)C(=O)c2cc(N)cc(Cl)c2)c1. The number of amides is 1. The second kappa shape index (κ2) is 5.33. The molecule has 0 radical (unpaired) electrons. The van der Waals surface area contributed by atoms with Crippen LogP contribution in [0, 0.1) is 6.92 Å². The molecule has 2 aromatic rings. The Labute approximate surface area is 117 Å². The first-order chi connectivity index (χ1) is 8.97. The molecule has 0 aliphatic rings. The molecular weight excluding hydrogens is 260 g/mol. The van der Waals surface area contributed by atoms with Crippen molar-refractivity contribution in [2.45, 2.75) is 6.92 Å². The van der Waals surface area contributed by atoms with Crippen LogP contribution in [-0.2, 0) is 0 Å². The lowest BCUT2D eigenvalue weighted by molar-refractivity contribution is 0.0993. The molecule has 0 heterocycles. The van der Waals surface area contributed by atoms with Crippen LogP contribution in [0.1, 0.15) is 15.9 Å². The highest BCUT2D eigenvalue weighted by Crippen LogP contribution is 2.21. The second-order valence-corrected chi connectivity index (χ2v) is 4.91. The standard InChI is InChI=1S/C15H15ClN2O/c1-10-4-3-5-14(6-10)18(2)15(19)11-7-12(16)9-13(17)8-11/h3-9H,17H2,1-2H3. The summed E-state index contributed by atoms with van der Waals surface area (Å²) in [5.74, 6) is -0.139. The van der Waals surface area contributed by atoms with Gasteiger partial charge in [0, 0.05) is 29.0 Å². The zero-order valence-corrected chi connectivity index (χ0v) is 11.6. The van der Waals surface area contributed by atoms with Gasteiger partial charge in [-0.2, -0.15) is 0 Å². The predicted octanol–water partition coefficient (Wildman–Crippen LogP) is 3.51. The van der Waals surface area contributed by atoms with Gasteiger partial charge in [0.25, 0.3) is 5.91 Å². The van der Waals surface area contributed by atoms with Gasteiger partial charge in [-0.1, -0.05) is 23.7 Å². The fourth-order valence-electron chi connectivity index (χ4n) is 1.88. The molecule has 0 aromatic heterocycles. The van der Waals surface area contributed by atoms with E-state index in [1.54, 1.807) is 30.1 Å². The number of carbonyl (C=O) groups is 1. The van der Waals surface area contributed by atoms with Gasteiger partial charge in [-0.3, -0.25) is 4.79 Å². The quantitative estimate of drug-likeness (QED) is 0.852. The number of hydrogen-bond acceptors (Lipinski definition) is 2. The number of benzene rings is 2. The van der Waals surface area contributed by atoms with Crippen LogP contribution in [0.25, 0.3) is 0 Å². The number of nitrogens with two attached hydrogens (primary N) is 1. The number of nitrogens with zero attached hydrogens (tertiary/aromatic N) is 1. The third kappa shape index (κ3) is 3.06. The van der Waals surface area contributed by atoms with Gasteiger partial charge in [0.1, 0.15) is 0 Å². The Morgan fingerprint density at radius 2 is 1.95 bits per heavy atom. The molecule has 1 amide bonds. The minimum Gasteiger partial charge on any atom is -0.399 e. The molecule has 0 atom stereocenters. The first kappa shape index (κ1) is 13.4. The van der Waals surface area contributed by atoms with E-state index in [-0.39, 0.29) is 5.91 Å². The average molecular weight is 275 g/mol. The van der Waals surface area contributed by atoms with Crippen molar-refractivity contribution in [3.8, 4) is 0 Å². The molecular formula is C15H15ClN2O. The lowest BCUT2D eigenvalue weighted by Crippen LogP contribution is -2.26. The van der Waals surface area contributed by atoms with E-state index >= 15 is 0 Å². The summed E-state index contributed by atoms with van der Waals surface area (Å²) < 4.78 is 0. The van der Waals surface area contributed by atoms with Crippen molar-refractivity contribution in [3.63, 3.8) is 0 Å². The van der Waals surface area contributed by atoms with Crippen LogP contribution in [0.5, 0.6) is 0 Å². The first-order valence-corrected chi connectivity index (χ1v) is 6.26. The lowest BCUT2D eigenvalue weighted by Gasteiger charge is -2.18. The number of nitrogen functional groups attached to an aromatic ring is 1. The van der Waals surface area contributed by atoms with Gasteiger partial charge in [0.05, 0.1) is 0 Å². The molecule has 2 N–H and O–H groups in total. The largest absolute Gasteiger partial charge is 0.399 e. The van der Waals surface area contributed by atoms with Crippen molar-refractivity contribution >= 4 is 28.9 Å². The highest BCUT2D eigenvalue weighted by atomic mass is 35.5. The lowest BCUT2D eigenvalue weighted by atomic mass is 10.1. The number of hydrogen-bond donors (Lipinski definition) is 1. The van der Waals surface area contributed by atoms with Crippen molar-refractivity contribution in [3.05, 3.63) is 58.6 Å². The molecule has 19 heavy (non-hydrogen) atoms. The van der Waals surface area contributed by atoms with Crippen LogP contribution in [0.15, 0.2) is 42.5 Å². The minimum atomic E-state index is -0.139. The van der Waals surface area contributed by atoms with E-state index in [0.29, 0.717) is 16.3 Å². The Morgan fingerprint density at radius 3 is 2.58 bits per heavy atom. The maximum absolute atomic E-state index is 12.4. The van der Waals surface area contributed by atoms with Crippen molar-refractivity contribution in [2.24, 2.45) is 0 Å². The second-order valence-electron chi connectivity index (χ2n) is 4.48. The fraction of sp³-hybridized carbons (Fsp3) is 0.133. The van der Waals surface area contributed by atoms with Crippen molar-refractivity contribution in [1.29, 1.82) is 0 Å². The van der Waals surface area contributed by atoms with Gasteiger partial charge in [0.2, 0.25) is 0 Å². The normalized spacial score (nSPS) is 10.3. The van der Waals surface area contributed by atoms with Crippen molar-refractivity contribution in [2.75, 3.05) is 17.7 Å². The number of carbonyl (C=O) groups excluding carboxylic acids is 1. The molecule has 0 bridgehead atoms. The fourth-order valence-corrected chi connectivity index (χ4v) is 2.13. The van der Waals surface area contributed by atoms with E-state index in [4.69, 9.17) is 17.3 Å². The molecule has 0 spiro atoms. The average Bonchev–Trinajstić information content (AvgIpc) is 2.36. The van der Waals surface area contributed by atoms with Crippen LogP contribution in [-0.4, -0.2) is 13.0 Å². The smallest absolute Gasteiger partial charge is 0.258 e. The van der Waals surface area contributed by atoms with Crippen LogP contribution < -0.4 is 10.6 Å². The van der Waals surface area contributed by atoms with E-state index in [9.17, 15) is 4.79 Å². The molecule has 4 heteroatoms. The minimum absolute atomic E-state index is 0.139. The van der Waals surface area contributed by atoms with Crippen LogP contribution >= 0.6 is 11.6 Å². The van der Waals surface area contributed by atoms with Gasteiger partial charge >= 0.3 is 0 Å². The molecule has 2 rings (SSSR count). The Bertz CT molecular complexity index is 605. The van der Waals surface area contributed by atoms with Crippen LogP contribution in [0.2, 0.25) is 5.02 Å². The van der Waals surface area contributed by atoms with E-state index < -0.39 is 0 Å². The summed E-state index contributed by atoms with van der Waals surface area (Å²) in [6, 6.07) is 12.6. The van der Waals surface area contributed by atoms with Gasteiger partial charge in [-0.05, 0) is 42.8 Å². The Kier molecular flexibility index (Phi) is 3.76. The maximum Gasteiger partial charge on any atom is 0.258 e. The number of halogens is 1. The number of aryl methyl sites for hydroxylation is 1. The molecule has 0 fully saturated rings. The first-order valence-electron chi connectivity index (χ1n) is 5.88. The Hall–Kier alpha value is -2.00. The summed E-state index contributed by atoms with van der Waals surface area (Å²) in [5.41, 5.74) is 8.60. The van der Waals surface area contributed by atoms with Crippen LogP contribution in [0.4, 0.5) is 11.4 Å². The van der Waals surface area contributed by atoms with Gasteiger partial charge in [0.15, 0.2) is 0 Å². The molecule has 98 valence electrons. The molecule has 0 saturated heterocycles. The molecule has 0 aliphatic heterocycles. The molecule has 3 nitrogen and oxygen atoms in total. The van der Waals surface area contributed by atoms with E-state index in [1.807, 2.05) is 31.2 Å². The van der Waals surface area contributed by atoms with Crippen LogP contribution in [0.3, 0.4) is 0 Å². The summed E-state index contributed by atoms with van der Waals surface area (Å²) in [6.45, 7) is 1.99. The third-order valence-electron chi connectivity index (χ3n) is 2.86. The molecule has 0 aliphatic carbocycles. The highest BCUT2D eigenvalue weighted by Gasteiger charge is 2.14. The third-order valence-corrected chi connectivity index (χ3v) is 3.08. The summed E-state index contributed by atoms with van der Waals surface area (Å²) in [7, 11) is 1.73. The van der Waals surface area contributed by atoms with E-state index in [2.05, 4.69) is 0 Å². The Balaban J connectivity index is 2.33. The van der Waals surface area contributed by atoms with E-state index in [1.165, 1.54) is 0 Å². The van der Waals surface area contributed by atoms with Gasteiger partial charge < -0.3 is 10.6 Å². The summed E-state index contributed by atoms with van der Waals surface area (Å²) in [4.78, 5) is 14.0. The summed E-state index contributed by atoms with van der Waals surface area (Å²) in [5, 5.41) is 0.459. The number of anilines is 2. The van der Waals surface area contributed by atoms with Crippen molar-refractivity contribution in [1.82, 2.24) is 0 Å². The summed E-state index contributed by atoms with van der Waals surface area (Å²) in [6.07, 6.45) is 0. The number of rotatable bonds is 2. The molecule has 0 unspecified atom stereocenters. The van der Waals surface area contributed by atoms with Gasteiger partial charge in [-0.15, -0.1) is 0 Å². The van der Waals surface area contributed by atoms with Crippen molar-refractivity contribution < 1.29 is 4.79 Å². The molecule has 2 aromatic carbocycles.